The number of amides is 1. The molecule has 0 radical (unpaired) electrons. The van der Waals surface area contributed by atoms with E-state index in [0.29, 0.717) is 18.5 Å². The zero-order chi connectivity index (χ0) is 19.9. The average molecular weight is 378 g/mol. The number of hydrogen-bond acceptors (Lipinski definition) is 3. The summed E-state index contributed by atoms with van der Waals surface area (Å²) in [5.41, 5.74) is 2.09. The largest absolute Gasteiger partial charge is 0.494 e. The summed E-state index contributed by atoms with van der Waals surface area (Å²) in [4.78, 5) is 24.8. The molecule has 1 N–H and O–H groups in total. The van der Waals surface area contributed by atoms with Crippen LogP contribution in [0.5, 0.6) is 5.75 Å². The topological polar surface area (TPSA) is 60.3 Å². The van der Waals surface area contributed by atoms with E-state index in [2.05, 4.69) is 12.2 Å². The number of aryl methyl sites for hydroxylation is 1. The Morgan fingerprint density at radius 3 is 2.61 bits per heavy atom. The Kier molecular flexibility index (Phi) is 6.48. The molecule has 3 aromatic rings. The Bertz CT molecular complexity index is 1010. The molecule has 5 nitrogen and oxygen atoms in total. The van der Waals surface area contributed by atoms with Crippen molar-refractivity contribution in [3.05, 3.63) is 76.1 Å². The predicted octanol–water partition coefficient (Wildman–Crippen LogP) is 3.69. The summed E-state index contributed by atoms with van der Waals surface area (Å²) in [7, 11) is 1.71. The van der Waals surface area contributed by atoms with Gasteiger partial charge in [-0.3, -0.25) is 9.59 Å². The number of unbranched alkanes of at least 4 members (excludes halogenated alkanes) is 1. The highest BCUT2D eigenvalue weighted by Crippen LogP contribution is 2.16. The molecule has 2 aromatic carbocycles. The first-order valence-electron chi connectivity index (χ1n) is 9.69. The highest BCUT2D eigenvalue weighted by molar-refractivity contribution is 6.06. The number of hydrogen-bond donors (Lipinski definition) is 1. The minimum absolute atomic E-state index is 0.192. The molecule has 0 bridgehead atoms. The lowest BCUT2D eigenvalue weighted by Crippen LogP contribution is -2.28. The number of benzene rings is 2. The molecule has 0 aliphatic rings. The van der Waals surface area contributed by atoms with Crippen molar-refractivity contribution in [2.45, 2.75) is 26.2 Å². The molecule has 3 rings (SSSR count). The molecule has 1 heterocycles. The maximum atomic E-state index is 12.6. The lowest BCUT2D eigenvalue weighted by atomic mass is 10.1. The van der Waals surface area contributed by atoms with E-state index in [9.17, 15) is 9.59 Å². The maximum Gasteiger partial charge on any atom is 0.252 e. The average Bonchev–Trinajstić information content (AvgIpc) is 2.72. The molecule has 0 atom stereocenters. The zero-order valence-electron chi connectivity index (χ0n) is 16.4. The predicted molar refractivity (Wildman–Crippen MR) is 112 cm³/mol. The number of nitrogens with zero attached hydrogens (tertiary/aromatic N) is 1. The van der Waals surface area contributed by atoms with E-state index >= 15 is 0 Å². The summed E-state index contributed by atoms with van der Waals surface area (Å²) in [6.45, 7) is 3.37. The van der Waals surface area contributed by atoms with Crippen LogP contribution in [0.4, 0.5) is 0 Å². The molecule has 0 fully saturated rings. The summed E-state index contributed by atoms with van der Waals surface area (Å²) >= 11 is 0. The van der Waals surface area contributed by atoms with Gasteiger partial charge in [-0.1, -0.05) is 43.7 Å². The van der Waals surface area contributed by atoms with Crippen molar-refractivity contribution in [1.82, 2.24) is 9.88 Å². The van der Waals surface area contributed by atoms with Crippen LogP contribution in [0.3, 0.4) is 0 Å². The fraction of sp³-hybridized carbons (Fsp3) is 0.304. The quantitative estimate of drug-likeness (QED) is 0.608. The summed E-state index contributed by atoms with van der Waals surface area (Å²) in [5.74, 6) is 0.640. The smallest absolute Gasteiger partial charge is 0.252 e. The molecule has 0 saturated carbocycles. The van der Waals surface area contributed by atoms with Crippen LogP contribution in [0, 0.1) is 0 Å². The first-order chi connectivity index (χ1) is 13.6. The van der Waals surface area contributed by atoms with E-state index in [4.69, 9.17) is 4.74 Å². The van der Waals surface area contributed by atoms with Crippen LogP contribution >= 0.6 is 0 Å². The van der Waals surface area contributed by atoms with Gasteiger partial charge in [0.15, 0.2) is 0 Å². The van der Waals surface area contributed by atoms with Gasteiger partial charge in [-0.25, -0.2) is 0 Å². The standard InChI is InChI=1S/C23H26N2O3/c1-3-4-15-28-18-11-9-17(10-12-18)13-14-24-23(27)20-16-22(26)25(2)21-8-6-5-7-19(20)21/h5-12,16H,3-4,13-15H2,1-2H3,(H,24,27). The summed E-state index contributed by atoms with van der Waals surface area (Å²) in [6, 6.07) is 16.8. The highest BCUT2D eigenvalue weighted by Gasteiger charge is 2.12. The van der Waals surface area contributed by atoms with Gasteiger partial charge in [0.1, 0.15) is 5.75 Å². The van der Waals surface area contributed by atoms with Crippen LogP contribution in [0.15, 0.2) is 59.4 Å². The van der Waals surface area contributed by atoms with Gasteiger partial charge >= 0.3 is 0 Å². The fourth-order valence-corrected chi connectivity index (χ4v) is 3.10. The van der Waals surface area contributed by atoms with Gasteiger partial charge in [0, 0.05) is 25.0 Å². The zero-order valence-corrected chi connectivity index (χ0v) is 16.4. The van der Waals surface area contributed by atoms with Gasteiger partial charge in [-0.2, -0.15) is 0 Å². The molecule has 0 saturated heterocycles. The van der Waals surface area contributed by atoms with Crippen molar-refractivity contribution in [3.63, 3.8) is 0 Å². The van der Waals surface area contributed by atoms with Crippen molar-refractivity contribution in [2.75, 3.05) is 13.2 Å². The van der Waals surface area contributed by atoms with Crippen LogP contribution in [-0.4, -0.2) is 23.6 Å². The van der Waals surface area contributed by atoms with Crippen LogP contribution in [-0.2, 0) is 13.5 Å². The number of rotatable bonds is 8. The first kappa shape index (κ1) is 19.7. The number of aromatic nitrogens is 1. The number of carbonyl (C=O) groups is 1. The van der Waals surface area contributed by atoms with E-state index in [0.717, 1.165) is 41.7 Å². The van der Waals surface area contributed by atoms with E-state index in [-0.39, 0.29) is 11.5 Å². The van der Waals surface area contributed by atoms with Gasteiger partial charge in [0.25, 0.3) is 11.5 Å². The van der Waals surface area contributed by atoms with Crippen molar-refractivity contribution < 1.29 is 9.53 Å². The van der Waals surface area contributed by atoms with Crippen molar-refractivity contribution >= 4 is 16.8 Å². The van der Waals surface area contributed by atoms with Crippen molar-refractivity contribution in [3.8, 4) is 5.75 Å². The number of nitrogens with one attached hydrogen (secondary N) is 1. The van der Waals surface area contributed by atoms with Crippen LogP contribution < -0.4 is 15.6 Å². The molecule has 0 spiro atoms. The molecule has 28 heavy (non-hydrogen) atoms. The number of carbonyl (C=O) groups excluding carboxylic acids is 1. The third kappa shape index (κ3) is 4.60. The van der Waals surface area contributed by atoms with E-state index in [1.807, 2.05) is 48.5 Å². The lowest BCUT2D eigenvalue weighted by molar-refractivity contribution is 0.0955. The minimum atomic E-state index is -0.228. The second-order valence-electron chi connectivity index (χ2n) is 6.82. The van der Waals surface area contributed by atoms with E-state index < -0.39 is 0 Å². The third-order valence-corrected chi connectivity index (χ3v) is 4.79. The molecular weight excluding hydrogens is 352 g/mol. The fourth-order valence-electron chi connectivity index (χ4n) is 3.10. The van der Waals surface area contributed by atoms with E-state index in [1.165, 1.54) is 6.07 Å². The third-order valence-electron chi connectivity index (χ3n) is 4.79. The number of pyridine rings is 1. The number of ether oxygens (including phenoxy) is 1. The SMILES string of the molecule is CCCCOc1ccc(CCNC(=O)c2cc(=O)n(C)c3ccccc23)cc1. The molecule has 5 heteroatoms. The molecular formula is C23H26N2O3. The summed E-state index contributed by atoms with van der Waals surface area (Å²) in [5, 5.41) is 3.70. The molecule has 1 amide bonds. The molecule has 1 aromatic heterocycles. The number of fused-ring (bicyclic) bond motifs is 1. The van der Waals surface area contributed by atoms with E-state index in [1.54, 1.807) is 11.6 Å². The van der Waals surface area contributed by atoms with Gasteiger partial charge in [-0.15, -0.1) is 0 Å². The lowest BCUT2D eigenvalue weighted by Gasteiger charge is -2.11. The Balaban J connectivity index is 1.61. The Morgan fingerprint density at radius 2 is 1.86 bits per heavy atom. The second kappa shape index (κ2) is 9.22. The molecule has 0 unspecified atom stereocenters. The van der Waals surface area contributed by atoms with Gasteiger partial charge < -0.3 is 14.6 Å². The Labute approximate surface area is 165 Å². The van der Waals surface area contributed by atoms with Crippen LogP contribution in [0.2, 0.25) is 0 Å². The summed E-state index contributed by atoms with van der Waals surface area (Å²) in [6.07, 6.45) is 2.87. The monoisotopic (exact) mass is 378 g/mol. The summed E-state index contributed by atoms with van der Waals surface area (Å²) < 4.78 is 7.21. The molecule has 146 valence electrons. The van der Waals surface area contributed by atoms with Crippen LogP contribution in [0.1, 0.15) is 35.7 Å². The molecule has 0 aliphatic heterocycles. The Hall–Kier alpha value is -3.08. The number of para-hydroxylation sites is 1. The normalized spacial score (nSPS) is 10.8. The highest BCUT2D eigenvalue weighted by atomic mass is 16.5. The van der Waals surface area contributed by atoms with Gasteiger partial charge in [-0.05, 0) is 36.6 Å². The van der Waals surface area contributed by atoms with Gasteiger partial charge in [0.2, 0.25) is 0 Å². The van der Waals surface area contributed by atoms with Crippen molar-refractivity contribution in [1.29, 1.82) is 0 Å². The second-order valence-corrected chi connectivity index (χ2v) is 6.82. The maximum absolute atomic E-state index is 12.6. The van der Waals surface area contributed by atoms with Crippen LogP contribution in [0.25, 0.3) is 10.9 Å². The molecule has 0 aliphatic carbocycles. The first-order valence-corrected chi connectivity index (χ1v) is 9.69. The Morgan fingerprint density at radius 1 is 1.11 bits per heavy atom. The minimum Gasteiger partial charge on any atom is -0.494 e. The van der Waals surface area contributed by atoms with Gasteiger partial charge in [0.05, 0.1) is 17.7 Å². The van der Waals surface area contributed by atoms with Crippen molar-refractivity contribution in [2.24, 2.45) is 7.05 Å².